The number of hydrogen-bond acceptors (Lipinski definition) is 5. The number of rotatable bonds is 8. The van der Waals surface area contributed by atoms with Crippen molar-refractivity contribution in [3.63, 3.8) is 0 Å². The molecule has 0 spiro atoms. The molecule has 1 heterocycles. The molecule has 7 nitrogen and oxygen atoms in total. The van der Waals surface area contributed by atoms with Crippen molar-refractivity contribution >= 4 is 11.9 Å². The van der Waals surface area contributed by atoms with Crippen LogP contribution >= 0.6 is 0 Å². The Morgan fingerprint density at radius 3 is 2.78 bits per heavy atom. The number of aromatic nitrogens is 2. The van der Waals surface area contributed by atoms with Gasteiger partial charge in [-0.05, 0) is 6.42 Å². The molecule has 0 atom stereocenters. The highest BCUT2D eigenvalue weighted by Crippen LogP contribution is 2.02. The minimum Gasteiger partial charge on any atom is -0.481 e. The SMILES string of the molecule is CCCc1noc(CCC(=O)NCCC(=O)O)n1. The lowest BCUT2D eigenvalue weighted by atomic mass is 10.3. The van der Waals surface area contributed by atoms with E-state index in [1.165, 1.54) is 0 Å². The molecule has 0 aromatic carbocycles. The Kier molecular flexibility index (Phi) is 5.83. The smallest absolute Gasteiger partial charge is 0.305 e. The fraction of sp³-hybridized carbons (Fsp3) is 0.636. The van der Waals surface area contributed by atoms with Crippen molar-refractivity contribution in [2.45, 2.75) is 39.0 Å². The Balaban J connectivity index is 2.22. The molecule has 0 aliphatic carbocycles. The molecule has 0 aliphatic rings. The average Bonchev–Trinajstić information content (AvgIpc) is 2.74. The van der Waals surface area contributed by atoms with Gasteiger partial charge in [0, 0.05) is 25.8 Å². The second kappa shape index (κ2) is 7.41. The highest BCUT2D eigenvalue weighted by atomic mass is 16.5. The number of carboxylic acids is 1. The molecule has 0 fully saturated rings. The Bertz CT molecular complexity index is 403. The maximum atomic E-state index is 11.3. The summed E-state index contributed by atoms with van der Waals surface area (Å²) < 4.78 is 4.98. The van der Waals surface area contributed by atoms with Gasteiger partial charge in [0.2, 0.25) is 11.8 Å². The number of aliphatic carboxylic acids is 1. The van der Waals surface area contributed by atoms with Gasteiger partial charge in [0.1, 0.15) is 0 Å². The number of carbonyl (C=O) groups is 2. The van der Waals surface area contributed by atoms with Crippen LogP contribution < -0.4 is 5.32 Å². The molecular weight excluding hydrogens is 238 g/mol. The van der Waals surface area contributed by atoms with Crippen molar-refractivity contribution in [2.75, 3.05) is 6.54 Å². The fourth-order valence-corrected chi connectivity index (χ4v) is 1.33. The van der Waals surface area contributed by atoms with Gasteiger partial charge in [-0.15, -0.1) is 0 Å². The molecule has 100 valence electrons. The Morgan fingerprint density at radius 2 is 2.11 bits per heavy atom. The van der Waals surface area contributed by atoms with Gasteiger partial charge >= 0.3 is 5.97 Å². The molecule has 7 heteroatoms. The predicted octanol–water partition coefficient (Wildman–Crippen LogP) is 0.546. The summed E-state index contributed by atoms with van der Waals surface area (Å²) in [6.07, 6.45) is 2.21. The third kappa shape index (κ3) is 5.42. The van der Waals surface area contributed by atoms with Crippen LogP contribution in [0.3, 0.4) is 0 Å². The van der Waals surface area contributed by atoms with E-state index >= 15 is 0 Å². The van der Waals surface area contributed by atoms with E-state index in [0.29, 0.717) is 18.1 Å². The Morgan fingerprint density at radius 1 is 1.33 bits per heavy atom. The van der Waals surface area contributed by atoms with Crippen LogP contribution in [0, 0.1) is 0 Å². The zero-order chi connectivity index (χ0) is 13.4. The Labute approximate surface area is 105 Å². The monoisotopic (exact) mass is 255 g/mol. The summed E-state index contributed by atoms with van der Waals surface area (Å²) in [4.78, 5) is 25.7. The van der Waals surface area contributed by atoms with Crippen molar-refractivity contribution in [2.24, 2.45) is 0 Å². The van der Waals surface area contributed by atoms with Crippen LogP contribution in [0.5, 0.6) is 0 Å². The van der Waals surface area contributed by atoms with Crippen LogP contribution in [-0.4, -0.2) is 33.7 Å². The normalized spacial score (nSPS) is 10.3. The van der Waals surface area contributed by atoms with Gasteiger partial charge in [-0.1, -0.05) is 12.1 Å². The molecule has 0 bridgehead atoms. The lowest BCUT2D eigenvalue weighted by molar-refractivity contribution is -0.136. The van der Waals surface area contributed by atoms with Crippen LogP contribution in [-0.2, 0) is 22.4 Å². The lowest BCUT2D eigenvalue weighted by Gasteiger charge is -2.00. The molecular formula is C11H17N3O4. The summed E-state index contributed by atoms with van der Waals surface area (Å²) in [6, 6.07) is 0. The second-order valence-corrected chi connectivity index (χ2v) is 3.85. The maximum Gasteiger partial charge on any atom is 0.305 e. The first kappa shape index (κ1) is 14.1. The highest BCUT2D eigenvalue weighted by molar-refractivity contribution is 5.76. The van der Waals surface area contributed by atoms with Gasteiger partial charge in [0.05, 0.1) is 6.42 Å². The summed E-state index contributed by atoms with van der Waals surface area (Å²) in [5.41, 5.74) is 0. The van der Waals surface area contributed by atoms with E-state index in [1.807, 2.05) is 6.92 Å². The van der Waals surface area contributed by atoms with Gasteiger partial charge in [-0.25, -0.2) is 0 Å². The van der Waals surface area contributed by atoms with E-state index < -0.39 is 5.97 Å². The maximum absolute atomic E-state index is 11.3. The molecule has 0 unspecified atom stereocenters. The zero-order valence-electron chi connectivity index (χ0n) is 10.3. The van der Waals surface area contributed by atoms with Gasteiger partial charge in [0.15, 0.2) is 5.82 Å². The van der Waals surface area contributed by atoms with E-state index in [9.17, 15) is 9.59 Å². The Hall–Kier alpha value is -1.92. The first-order valence-electron chi connectivity index (χ1n) is 5.91. The van der Waals surface area contributed by atoms with E-state index in [4.69, 9.17) is 9.63 Å². The molecule has 2 N–H and O–H groups in total. The van der Waals surface area contributed by atoms with Crippen LogP contribution in [0.4, 0.5) is 0 Å². The number of amides is 1. The van der Waals surface area contributed by atoms with Gasteiger partial charge in [-0.3, -0.25) is 9.59 Å². The van der Waals surface area contributed by atoms with Crippen molar-refractivity contribution in [1.29, 1.82) is 0 Å². The van der Waals surface area contributed by atoms with Crippen LogP contribution in [0.15, 0.2) is 4.52 Å². The number of nitrogens with zero attached hydrogens (tertiary/aromatic N) is 2. The minimum absolute atomic E-state index is 0.0764. The largest absolute Gasteiger partial charge is 0.481 e. The summed E-state index contributed by atoms with van der Waals surface area (Å²) >= 11 is 0. The van der Waals surface area contributed by atoms with E-state index in [0.717, 1.165) is 12.8 Å². The lowest BCUT2D eigenvalue weighted by Crippen LogP contribution is -2.26. The van der Waals surface area contributed by atoms with Crippen molar-refractivity contribution in [3.8, 4) is 0 Å². The number of nitrogens with one attached hydrogen (secondary N) is 1. The van der Waals surface area contributed by atoms with Crippen LogP contribution in [0.2, 0.25) is 0 Å². The number of hydrogen-bond donors (Lipinski definition) is 2. The molecule has 1 rings (SSSR count). The highest BCUT2D eigenvalue weighted by Gasteiger charge is 2.08. The van der Waals surface area contributed by atoms with Crippen LogP contribution in [0.1, 0.15) is 37.9 Å². The quantitative estimate of drug-likeness (QED) is 0.702. The summed E-state index contributed by atoms with van der Waals surface area (Å²) in [7, 11) is 0. The zero-order valence-corrected chi connectivity index (χ0v) is 10.3. The number of aryl methyl sites for hydroxylation is 2. The van der Waals surface area contributed by atoms with E-state index in [-0.39, 0.29) is 25.3 Å². The van der Waals surface area contributed by atoms with Gasteiger partial charge < -0.3 is 14.9 Å². The van der Waals surface area contributed by atoms with Gasteiger partial charge in [-0.2, -0.15) is 4.98 Å². The molecule has 1 amide bonds. The molecule has 0 saturated carbocycles. The molecule has 1 aromatic rings. The number of carbonyl (C=O) groups excluding carboxylic acids is 1. The standard InChI is InChI=1S/C11H17N3O4/c1-2-3-8-13-10(18-14-8)5-4-9(15)12-7-6-11(16)17/h2-7H2,1H3,(H,12,15)(H,16,17). The fourth-order valence-electron chi connectivity index (χ4n) is 1.33. The summed E-state index contributed by atoms with van der Waals surface area (Å²) in [6.45, 7) is 2.16. The first-order valence-corrected chi connectivity index (χ1v) is 5.91. The molecule has 0 saturated heterocycles. The number of carboxylic acid groups (broad SMARTS) is 1. The minimum atomic E-state index is -0.934. The van der Waals surface area contributed by atoms with Crippen molar-refractivity contribution in [3.05, 3.63) is 11.7 Å². The second-order valence-electron chi connectivity index (χ2n) is 3.85. The topological polar surface area (TPSA) is 105 Å². The molecule has 0 aliphatic heterocycles. The molecule has 18 heavy (non-hydrogen) atoms. The third-order valence-corrected chi connectivity index (χ3v) is 2.21. The molecule has 1 aromatic heterocycles. The van der Waals surface area contributed by atoms with E-state index in [2.05, 4.69) is 15.5 Å². The summed E-state index contributed by atoms with van der Waals surface area (Å²) in [5.74, 6) is -0.0616. The molecule has 0 radical (unpaired) electrons. The third-order valence-electron chi connectivity index (χ3n) is 2.21. The van der Waals surface area contributed by atoms with E-state index in [1.54, 1.807) is 0 Å². The van der Waals surface area contributed by atoms with Crippen molar-refractivity contribution < 1.29 is 19.2 Å². The predicted molar refractivity (Wildman–Crippen MR) is 61.9 cm³/mol. The van der Waals surface area contributed by atoms with Gasteiger partial charge in [0.25, 0.3) is 0 Å². The summed E-state index contributed by atoms with van der Waals surface area (Å²) in [5, 5.41) is 14.7. The van der Waals surface area contributed by atoms with Crippen LogP contribution in [0.25, 0.3) is 0 Å². The first-order chi connectivity index (χ1) is 8.61. The average molecular weight is 255 g/mol. The van der Waals surface area contributed by atoms with Crippen molar-refractivity contribution in [1.82, 2.24) is 15.5 Å².